The van der Waals surface area contributed by atoms with E-state index in [1.54, 1.807) is 6.20 Å². The molecule has 23 heavy (non-hydrogen) atoms. The molecule has 122 valence electrons. The van der Waals surface area contributed by atoms with Crippen LogP contribution in [0.15, 0.2) is 30.5 Å². The number of hydrogen-bond acceptors (Lipinski definition) is 2. The van der Waals surface area contributed by atoms with E-state index in [2.05, 4.69) is 48.3 Å². The summed E-state index contributed by atoms with van der Waals surface area (Å²) in [7, 11) is 0. The first-order chi connectivity index (χ1) is 11.2. The molecule has 0 radical (unpaired) electrons. The first-order valence-electron chi connectivity index (χ1n) is 8.57. The van der Waals surface area contributed by atoms with E-state index in [1.807, 2.05) is 4.90 Å². The summed E-state index contributed by atoms with van der Waals surface area (Å²) in [5.74, 6) is 0.566. The highest BCUT2D eigenvalue weighted by molar-refractivity contribution is 5.95. The highest BCUT2D eigenvalue weighted by atomic mass is 16.2. The molecule has 1 aromatic heterocycles. The van der Waals surface area contributed by atoms with Gasteiger partial charge in [0.25, 0.3) is 5.91 Å². The molecule has 4 nitrogen and oxygen atoms in total. The van der Waals surface area contributed by atoms with Gasteiger partial charge in [-0.2, -0.15) is 5.10 Å². The number of carbonyl (C=O) groups is 1. The molecule has 1 N–H and O–H groups in total. The van der Waals surface area contributed by atoms with E-state index >= 15 is 0 Å². The Labute approximate surface area is 137 Å². The van der Waals surface area contributed by atoms with Crippen LogP contribution < -0.4 is 0 Å². The lowest BCUT2D eigenvalue weighted by Crippen LogP contribution is -2.39. The van der Waals surface area contributed by atoms with Crippen LogP contribution in [0, 0.1) is 6.92 Å². The second-order valence-electron chi connectivity index (χ2n) is 6.46. The summed E-state index contributed by atoms with van der Waals surface area (Å²) in [4.78, 5) is 14.9. The monoisotopic (exact) mass is 311 g/mol. The van der Waals surface area contributed by atoms with Crippen LogP contribution in [-0.4, -0.2) is 34.1 Å². The second kappa shape index (κ2) is 6.99. The van der Waals surface area contributed by atoms with Crippen LogP contribution >= 0.6 is 0 Å². The van der Waals surface area contributed by atoms with E-state index in [4.69, 9.17) is 0 Å². The van der Waals surface area contributed by atoms with Gasteiger partial charge in [0.15, 0.2) is 0 Å². The van der Waals surface area contributed by atoms with E-state index in [0.29, 0.717) is 5.92 Å². The fraction of sp³-hybridized carbons (Fsp3) is 0.474. The summed E-state index contributed by atoms with van der Waals surface area (Å²) in [5.41, 5.74) is 4.42. The number of amides is 1. The Balaban J connectivity index is 1.77. The maximum atomic E-state index is 12.9. The summed E-state index contributed by atoms with van der Waals surface area (Å²) >= 11 is 0. The standard InChI is InChI=1S/C19H25N3O/c1-3-7-18-17(12-20-21-18)19(23)22-11-6-9-15(13-22)16-10-5-4-8-14(16)2/h4-5,8,10,12,15H,3,6-7,9,11,13H2,1-2H3,(H,20,21). The largest absolute Gasteiger partial charge is 0.338 e. The quantitative estimate of drug-likeness (QED) is 0.936. The summed E-state index contributed by atoms with van der Waals surface area (Å²) < 4.78 is 0. The number of nitrogens with one attached hydrogen (secondary N) is 1. The minimum absolute atomic E-state index is 0.125. The van der Waals surface area contributed by atoms with Crippen LogP contribution in [0.25, 0.3) is 0 Å². The van der Waals surface area contributed by atoms with Crippen molar-refractivity contribution < 1.29 is 4.79 Å². The van der Waals surface area contributed by atoms with Gasteiger partial charge >= 0.3 is 0 Å². The van der Waals surface area contributed by atoms with E-state index in [0.717, 1.165) is 50.0 Å². The number of benzene rings is 1. The molecule has 0 bridgehead atoms. The van der Waals surface area contributed by atoms with Crippen LogP contribution in [0.2, 0.25) is 0 Å². The van der Waals surface area contributed by atoms with Gasteiger partial charge in [0, 0.05) is 24.7 Å². The van der Waals surface area contributed by atoms with Gasteiger partial charge < -0.3 is 4.90 Å². The Morgan fingerprint density at radius 1 is 1.39 bits per heavy atom. The molecule has 3 rings (SSSR count). The van der Waals surface area contributed by atoms with Crippen molar-refractivity contribution in [2.75, 3.05) is 13.1 Å². The van der Waals surface area contributed by atoms with Gasteiger partial charge in [-0.1, -0.05) is 37.6 Å². The number of rotatable bonds is 4. The molecular weight excluding hydrogens is 286 g/mol. The molecular formula is C19H25N3O. The molecule has 1 fully saturated rings. The molecule has 1 amide bonds. The number of piperidine rings is 1. The summed E-state index contributed by atoms with van der Waals surface area (Å²) in [6.07, 6.45) is 5.78. The fourth-order valence-corrected chi connectivity index (χ4v) is 3.57. The first-order valence-corrected chi connectivity index (χ1v) is 8.57. The highest BCUT2D eigenvalue weighted by Crippen LogP contribution is 2.30. The average molecular weight is 311 g/mol. The van der Waals surface area contributed by atoms with Crippen molar-refractivity contribution in [3.63, 3.8) is 0 Å². The zero-order chi connectivity index (χ0) is 16.2. The van der Waals surface area contributed by atoms with E-state index < -0.39 is 0 Å². The average Bonchev–Trinajstić information content (AvgIpc) is 3.03. The lowest BCUT2D eigenvalue weighted by atomic mass is 9.88. The van der Waals surface area contributed by atoms with Gasteiger partial charge in [0.1, 0.15) is 0 Å². The Hall–Kier alpha value is -2.10. The number of aromatic nitrogens is 2. The minimum Gasteiger partial charge on any atom is -0.338 e. The van der Waals surface area contributed by atoms with Crippen LogP contribution in [0.1, 0.15) is 59.3 Å². The van der Waals surface area contributed by atoms with Gasteiger partial charge in [-0.3, -0.25) is 9.89 Å². The van der Waals surface area contributed by atoms with E-state index in [9.17, 15) is 4.79 Å². The van der Waals surface area contributed by atoms with Gasteiger partial charge in [-0.05, 0) is 37.3 Å². The van der Waals surface area contributed by atoms with Crippen molar-refractivity contribution in [2.24, 2.45) is 0 Å². The number of aryl methyl sites for hydroxylation is 2. The van der Waals surface area contributed by atoms with Gasteiger partial charge in [0.05, 0.1) is 11.8 Å². The molecule has 1 aromatic carbocycles. The highest BCUT2D eigenvalue weighted by Gasteiger charge is 2.27. The normalized spacial score (nSPS) is 18.2. The Bertz CT molecular complexity index is 677. The molecule has 1 aliphatic heterocycles. The molecule has 1 atom stereocenters. The van der Waals surface area contributed by atoms with Gasteiger partial charge in [-0.25, -0.2) is 0 Å². The lowest BCUT2D eigenvalue weighted by Gasteiger charge is -2.33. The Morgan fingerprint density at radius 3 is 3.00 bits per heavy atom. The zero-order valence-electron chi connectivity index (χ0n) is 14.0. The molecule has 1 unspecified atom stereocenters. The second-order valence-corrected chi connectivity index (χ2v) is 6.46. The third kappa shape index (κ3) is 3.31. The Morgan fingerprint density at radius 2 is 2.22 bits per heavy atom. The number of likely N-dealkylation sites (tertiary alicyclic amines) is 1. The van der Waals surface area contributed by atoms with Crippen molar-refractivity contribution in [3.8, 4) is 0 Å². The first kappa shape index (κ1) is 15.8. The Kier molecular flexibility index (Phi) is 4.79. The van der Waals surface area contributed by atoms with Crippen molar-refractivity contribution in [2.45, 2.75) is 45.4 Å². The van der Waals surface area contributed by atoms with Crippen molar-refractivity contribution in [3.05, 3.63) is 52.8 Å². The molecule has 0 spiro atoms. The summed E-state index contributed by atoms with van der Waals surface area (Å²) in [6, 6.07) is 8.53. The fourth-order valence-electron chi connectivity index (χ4n) is 3.57. The number of H-pyrrole nitrogens is 1. The lowest BCUT2D eigenvalue weighted by molar-refractivity contribution is 0.0706. The zero-order valence-corrected chi connectivity index (χ0v) is 14.0. The summed E-state index contributed by atoms with van der Waals surface area (Å²) in [6.45, 7) is 5.92. The third-order valence-electron chi connectivity index (χ3n) is 4.79. The van der Waals surface area contributed by atoms with Crippen LogP contribution in [-0.2, 0) is 6.42 Å². The number of hydrogen-bond donors (Lipinski definition) is 1. The van der Waals surface area contributed by atoms with Crippen molar-refractivity contribution in [1.82, 2.24) is 15.1 Å². The van der Waals surface area contributed by atoms with Crippen molar-refractivity contribution in [1.29, 1.82) is 0 Å². The van der Waals surface area contributed by atoms with Crippen LogP contribution in [0.5, 0.6) is 0 Å². The minimum atomic E-state index is 0.125. The third-order valence-corrected chi connectivity index (χ3v) is 4.79. The van der Waals surface area contributed by atoms with Gasteiger partial charge in [-0.15, -0.1) is 0 Å². The van der Waals surface area contributed by atoms with E-state index in [1.165, 1.54) is 11.1 Å². The SMILES string of the molecule is CCCc1[nH]ncc1C(=O)N1CCCC(c2ccccc2C)C1. The molecule has 2 aromatic rings. The predicted molar refractivity (Wildman–Crippen MR) is 91.6 cm³/mol. The van der Waals surface area contributed by atoms with Crippen LogP contribution in [0.4, 0.5) is 0 Å². The molecule has 0 aliphatic carbocycles. The number of carbonyl (C=O) groups excluding carboxylic acids is 1. The van der Waals surface area contributed by atoms with Gasteiger partial charge in [0.2, 0.25) is 0 Å². The molecule has 2 heterocycles. The topological polar surface area (TPSA) is 49.0 Å². The predicted octanol–water partition coefficient (Wildman–Crippen LogP) is 3.69. The van der Waals surface area contributed by atoms with E-state index in [-0.39, 0.29) is 5.91 Å². The smallest absolute Gasteiger partial charge is 0.257 e. The molecule has 4 heteroatoms. The molecule has 1 aliphatic rings. The molecule has 1 saturated heterocycles. The maximum absolute atomic E-state index is 12.9. The van der Waals surface area contributed by atoms with Crippen molar-refractivity contribution >= 4 is 5.91 Å². The summed E-state index contributed by atoms with van der Waals surface area (Å²) in [5, 5.41) is 7.06. The van der Waals surface area contributed by atoms with Crippen LogP contribution in [0.3, 0.4) is 0 Å². The number of aromatic amines is 1. The number of nitrogens with zero attached hydrogens (tertiary/aromatic N) is 2. The maximum Gasteiger partial charge on any atom is 0.257 e. The molecule has 0 saturated carbocycles.